The van der Waals surface area contributed by atoms with Gasteiger partial charge in [-0.1, -0.05) is 140 Å². The third-order valence-corrected chi connectivity index (χ3v) is 11.2. The summed E-state index contributed by atoms with van der Waals surface area (Å²) in [7, 11) is 0. The van der Waals surface area contributed by atoms with E-state index in [1.165, 1.54) is 10.8 Å². The summed E-state index contributed by atoms with van der Waals surface area (Å²) in [5.74, 6) is 2.42. The van der Waals surface area contributed by atoms with Crippen LogP contribution in [0.25, 0.3) is 112 Å². The molecule has 12 rings (SSSR count). The van der Waals surface area contributed by atoms with E-state index in [2.05, 4.69) is 112 Å². The van der Waals surface area contributed by atoms with Gasteiger partial charge in [-0.25, -0.2) is 19.9 Å². The van der Waals surface area contributed by atoms with Gasteiger partial charge in [0.05, 0.1) is 33.1 Å². The first-order chi connectivity index (χ1) is 29.3. The van der Waals surface area contributed by atoms with Crippen LogP contribution in [-0.4, -0.2) is 29.1 Å². The highest BCUT2D eigenvalue weighted by atomic mass is 16.3. The zero-order valence-corrected chi connectivity index (χ0v) is 31.6. The van der Waals surface area contributed by atoms with E-state index in [4.69, 9.17) is 24.4 Å². The minimum Gasteiger partial charge on any atom is -0.435 e. The van der Waals surface area contributed by atoms with Gasteiger partial charge in [0.1, 0.15) is 5.52 Å². The van der Waals surface area contributed by atoms with E-state index in [9.17, 15) is 0 Å². The van der Waals surface area contributed by atoms with E-state index in [-0.39, 0.29) is 0 Å². The summed E-state index contributed by atoms with van der Waals surface area (Å²) in [5.41, 5.74) is 11.5. The van der Waals surface area contributed by atoms with Gasteiger partial charge in [0.15, 0.2) is 23.1 Å². The molecule has 0 fully saturated rings. The van der Waals surface area contributed by atoms with Crippen LogP contribution in [0.4, 0.5) is 0 Å². The third-order valence-electron chi connectivity index (χ3n) is 11.2. The Kier molecular flexibility index (Phi) is 7.40. The number of fused-ring (bicyclic) bond motifs is 8. The predicted octanol–water partition coefficient (Wildman–Crippen LogP) is 12.9. The van der Waals surface area contributed by atoms with Crippen LogP contribution in [0, 0.1) is 0 Å². The lowest BCUT2D eigenvalue weighted by atomic mass is 10.1. The number of hydrogen-bond acceptors (Lipinski definition) is 5. The fraction of sp³-hybridized carbons (Fsp3) is 0. The Bertz CT molecular complexity index is 3440. The first-order valence-corrected chi connectivity index (χ1v) is 19.7. The highest BCUT2D eigenvalue weighted by Crippen LogP contribution is 2.43. The Balaban J connectivity index is 1.15. The molecule has 7 nitrogen and oxygen atoms in total. The number of oxazole rings is 1. The zero-order chi connectivity index (χ0) is 38.9. The molecule has 276 valence electrons. The van der Waals surface area contributed by atoms with E-state index < -0.39 is 0 Å². The molecule has 0 spiro atoms. The highest BCUT2D eigenvalue weighted by molar-refractivity contribution is 6.21. The van der Waals surface area contributed by atoms with Gasteiger partial charge in [0, 0.05) is 44.1 Å². The van der Waals surface area contributed by atoms with Crippen molar-refractivity contribution >= 4 is 54.7 Å². The standard InChI is InChI=1S/C52H32N6O/c1-4-16-33(17-5-1)49-54-50(34-18-6-2-7-19-34)56-51(55-49)36-22-14-23-37(32-36)57-44-31-30-41-48(59-52(53-41)35-20-8-3-9-21-35)46(44)40-26-15-29-45(47(40)57)58-42-27-12-10-24-38(42)39-25-11-13-28-43(39)58/h1-32H. The van der Waals surface area contributed by atoms with Crippen molar-refractivity contribution in [2.45, 2.75) is 0 Å². The van der Waals surface area contributed by atoms with Gasteiger partial charge in [0.25, 0.3) is 0 Å². The topological polar surface area (TPSA) is 74.6 Å². The van der Waals surface area contributed by atoms with E-state index in [1.54, 1.807) is 0 Å². The molecule has 0 N–H and O–H groups in total. The number of nitrogens with zero attached hydrogens (tertiary/aromatic N) is 6. The maximum atomic E-state index is 6.74. The van der Waals surface area contributed by atoms with E-state index in [0.29, 0.717) is 23.4 Å². The average Bonchev–Trinajstić information content (AvgIpc) is 4.00. The second-order valence-electron chi connectivity index (χ2n) is 14.7. The van der Waals surface area contributed by atoms with Crippen molar-refractivity contribution in [3.63, 3.8) is 0 Å². The molecule has 0 unspecified atom stereocenters. The molecule has 0 amide bonds. The summed E-state index contributed by atoms with van der Waals surface area (Å²) in [5, 5.41) is 4.46. The molecular formula is C52H32N6O. The normalized spacial score (nSPS) is 11.7. The van der Waals surface area contributed by atoms with Crippen molar-refractivity contribution < 1.29 is 4.42 Å². The number of rotatable bonds is 6. The van der Waals surface area contributed by atoms with Gasteiger partial charge in [0.2, 0.25) is 5.89 Å². The van der Waals surface area contributed by atoms with Crippen LogP contribution < -0.4 is 0 Å². The van der Waals surface area contributed by atoms with Crippen LogP contribution in [0.15, 0.2) is 199 Å². The number of para-hydroxylation sites is 3. The maximum absolute atomic E-state index is 6.74. The van der Waals surface area contributed by atoms with Gasteiger partial charge in [-0.05, 0) is 54.6 Å². The molecule has 0 bridgehead atoms. The van der Waals surface area contributed by atoms with Crippen molar-refractivity contribution in [2.75, 3.05) is 0 Å². The predicted molar refractivity (Wildman–Crippen MR) is 238 cm³/mol. The summed E-state index contributed by atoms with van der Waals surface area (Å²) in [6, 6.07) is 66.8. The summed E-state index contributed by atoms with van der Waals surface area (Å²) < 4.78 is 11.5. The van der Waals surface area contributed by atoms with Gasteiger partial charge in [-0.3, -0.25) is 0 Å². The van der Waals surface area contributed by atoms with Crippen molar-refractivity contribution in [1.29, 1.82) is 0 Å². The fourth-order valence-corrected chi connectivity index (χ4v) is 8.57. The first-order valence-electron chi connectivity index (χ1n) is 19.7. The summed E-state index contributed by atoms with van der Waals surface area (Å²) in [4.78, 5) is 20.1. The first kappa shape index (κ1) is 33.0. The van der Waals surface area contributed by atoms with Crippen LogP contribution in [0.1, 0.15) is 0 Å². The SMILES string of the molecule is c1ccc(-c2nc(-c3ccccc3)nc(-c3cccc(-n4c5ccc6nc(-c7ccccc7)oc6c5c5cccc(-n6c7ccccc7c7ccccc76)c54)c3)n2)cc1. The van der Waals surface area contributed by atoms with Crippen molar-refractivity contribution in [1.82, 2.24) is 29.1 Å². The molecular weight excluding hydrogens is 725 g/mol. The lowest BCUT2D eigenvalue weighted by Gasteiger charge is -2.15. The third kappa shape index (κ3) is 5.29. The fourth-order valence-electron chi connectivity index (χ4n) is 8.57. The summed E-state index contributed by atoms with van der Waals surface area (Å²) in [6.07, 6.45) is 0. The van der Waals surface area contributed by atoms with E-state index in [0.717, 1.165) is 77.6 Å². The molecule has 0 atom stereocenters. The van der Waals surface area contributed by atoms with Gasteiger partial charge in [-0.2, -0.15) is 0 Å². The second kappa shape index (κ2) is 13.2. The molecule has 0 aliphatic heterocycles. The van der Waals surface area contributed by atoms with Crippen LogP contribution in [0.3, 0.4) is 0 Å². The molecule has 12 aromatic rings. The smallest absolute Gasteiger partial charge is 0.227 e. The number of benzene rings is 8. The van der Waals surface area contributed by atoms with Gasteiger partial charge < -0.3 is 13.6 Å². The van der Waals surface area contributed by atoms with Crippen LogP contribution in [0.2, 0.25) is 0 Å². The quantitative estimate of drug-likeness (QED) is 0.169. The molecule has 0 saturated carbocycles. The van der Waals surface area contributed by atoms with Crippen LogP contribution in [-0.2, 0) is 0 Å². The lowest BCUT2D eigenvalue weighted by Crippen LogP contribution is -2.02. The monoisotopic (exact) mass is 756 g/mol. The Morgan fingerprint density at radius 1 is 0.373 bits per heavy atom. The molecule has 0 saturated heterocycles. The minimum atomic E-state index is 0.591. The summed E-state index contributed by atoms with van der Waals surface area (Å²) >= 11 is 0. The molecule has 0 radical (unpaired) electrons. The summed E-state index contributed by atoms with van der Waals surface area (Å²) in [6.45, 7) is 0. The molecule has 0 aliphatic rings. The van der Waals surface area contributed by atoms with E-state index >= 15 is 0 Å². The molecule has 59 heavy (non-hydrogen) atoms. The Morgan fingerprint density at radius 2 is 0.898 bits per heavy atom. The Labute approximate surface area is 338 Å². The average molecular weight is 757 g/mol. The van der Waals surface area contributed by atoms with Crippen molar-refractivity contribution in [3.05, 3.63) is 194 Å². The van der Waals surface area contributed by atoms with Crippen LogP contribution in [0.5, 0.6) is 0 Å². The molecule has 0 aliphatic carbocycles. The Morgan fingerprint density at radius 3 is 1.54 bits per heavy atom. The van der Waals surface area contributed by atoms with E-state index in [1.807, 2.05) is 91.0 Å². The second-order valence-corrected chi connectivity index (χ2v) is 14.7. The maximum Gasteiger partial charge on any atom is 0.227 e. The van der Waals surface area contributed by atoms with Gasteiger partial charge in [-0.15, -0.1) is 0 Å². The number of hydrogen-bond donors (Lipinski definition) is 0. The van der Waals surface area contributed by atoms with Crippen LogP contribution >= 0.6 is 0 Å². The van der Waals surface area contributed by atoms with Crippen molar-refractivity contribution in [3.8, 4) is 57.0 Å². The zero-order valence-electron chi connectivity index (χ0n) is 31.6. The highest BCUT2D eigenvalue weighted by Gasteiger charge is 2.24. The van der Waals surface area contributed by atoms with Gasteiger partial charge >= 0.3 is 0 Å². The Hall–Kier alpha value is -8.16. The largest absolute Gasteiger partial charge is 0.435 e. The van der Waals surface area contributed by atoms with Crippen molar-refractivity contribution in [2.24, 2.45) is 0 Å². The lowest BCUT2D eigenvalue weighted by molar-refractivity contribution is 0.623. The molecule has 4 aromatic heterocycles. The minimum absolute atomic E-state index is 0.591. The molecule has 4 heterocycles. The molecule has 7 heteroatoms. The number of aromatic nitrogens is 6. The molecule has 8 aromatic carbocycles.